The molecule has 92 valence electrons. The van der Waals surface area contributed by atoms with Crippen molar-refractivity contribution in [3.8, 4) is 0 Å². The third-order valence-corrected chi connectivity index (χ3v) is 5.35. The second-order valence-electron chi connectivity index (χ2n) is 2.96. The predicted octanol–water partition coefficient (Wildman–Crippen LogP) is 4.26. The minimum atomic E-state index is -0.213. The van der Waals surface area contributed by atoms with Gasteiger partial charge in [0.1, 0.15) is 0 Å². The highest BCUT2D eigenvalue weighted by Gasteiger charge is 2.18. The van der Waals surface area contributed by atoms with E-state index in [0.29, 0.717) is 13.2 Å². The van der Waals surface area contributed by atoms with Gasteiger partial charge in [-0.15, -0.1) is 34.9 Å². The van der Waals surface area contributed by atoms with Crippen molar-refractivity contribution in [2.75, 3.05) is 25.7 Å². The molecule has 0 fully saturated rings. The molecule has 0 unspecified atom stereocenters. The minimum Gasteiger partial charge on any atom is -0.349 e. The molecular weight excluding hydrogens is 260 g/mol. The van der Waals surface area contributed by atoms with Crippen LogP contribution in [0.15, 0.2) is 14.5 Å². The molecule has 2 nitrogen and oxygen atoms in total. The summed E-state index contributed by atoms with van der Waals surface area (Å²) in [5.74, 6) is 0. The highest BCUT2D eigenvalue weighted by molar-refractivity contribution is 8.02. The Morgan fingerprint density at radius 3 is 2.25 bits per heavy atom. The smallest absolute Gasteiger partial charge is 0.185 e. The van der Waals surface area contributed by atoms with Gasteiger partial charge in [0, 0.05) is 18.8 Å². The van der Waals surface area contributed by atoms with Crippen molar-refractivity contribution < 1.29 is 9.47 Å². The van der Waals surface area contributed by atoms with Gasteiger partial charge in [0.2, 0.25) is 0 Å². The van der Waals surface area contributed by atoms with Crippen molar-refractivity contribution in [2.24, 2.45) is 0 Å². The normalized spacial score (nSPS) is 11.3. The maximum atomic E-state index is 5.63. The maximum Gasteiger partial charge on any atom is 0.185 e. The summed E-state index contributed by atoms with van der Waals surface area (Å²) in [6.07, 6.45) is 3.97. The summed E-state index contributed by atoms with van der Waals surface area (Å²) in [5.41, 5.74) is 1.17. The van der Waals surface area contributed by atoms with Crippen LogP contribution >= 0.6 is 34.9 Å². The van der Waals surface area contributed by atoms with Gasteiger partial charge in [-0.3, -0.25) is 0 Å². The van der Waals surface area contributed by atoms with Crippen LogP contribution in [-0.2, 0) is 9.47 Å². The summed E-state index contributed by atoms with van der Waals surface area (Å²) in [5, 5.41) is 0. The van der Waals surface area contributed by atoms with Gasteiger partial charge in [-0.1, -0.05) is 0 Å². The fourth-order valence-corrected chi connectivity index (χ4v) is 3.94. The molecule has 0 atom stereocenters. The average Bonchev–Trinajstić information content (AvgIpc) is 2.72. The minimum absolute atomic E-state index is 0.213. The van der Waals surface area contributed by atoms with Crippen LogP contribution in [0.25, 0.3) is 0 Å². The fourth-order valence-electron chi connectivity index (χ4n) is 1.32. The van der Waals surface area contributed by atoms with E-state index in [0.717, 1.165) is 0 Å². The summed E-state index contributed by atoms with van der Waals surface area (Å²) in [7, 11) is 0. The lowest BCUT2D eigenvalue weighted by atomic mass is 10.3. The van der Waals surface area contributed by atoms with E-state index in [1.54, 1.807) is 34.9 Å². The summed E-state index contributed by atoms with van der Waals surface area (Å²) in [6, 6.07) is 2.18. The first kappa shape index (κ1) is 14.4. The number of rotatable bonds is 7. The van der Waals surface area contributed by atoms with Gasteiger partial charge in [-0.2, -0.15) is 0 Å². The molecule has 0 bridgehead atoms. The molecule has 5 heteroatoms. The Morgan fingerprint density at radius 2 is 1.81 bits per heavy atom. The van der Waals surface area contributed by atoms with E-state index in [9.17, 15) is 0 Å². The first-order valence-corrected chi connectivity index (χ1v) is 8.48. The first-order valence-electron chi connectivity index (χ1n) is 5.21. The Balaban J connectivity index is 2.91. The molecule has 16 heavy (non-hydrogen) atoms. The van der Waals surface area contributed by atoms with Gasteiger partial charge in [-0.05, 0) is 32.4 Å². The van der Waals surface area contributed by atoms with Crippen LogP contribution in [0, 0.1) is 0 Å². The van der Waals surface area contributed by atoms with E-state index in [1.807, 2.05) is 13.8 Å². The van der Waals surface area contributed by atoms with E-state index in [2.05, 4.69) is 18.6 Å². The first-order chi connectivity index (χ1) is 7.76. The van der Waals surface area contributed by atoms with Crippen LogP contribution in [0.5, 0.6) is 0 Å². The number of thioether (sulfide) groups is 2. The molecule has 0 radical (unpaired) electrons. The fraction of sp³-hybridized carbons (Fsp3) is 0.636. The third-order valence-electron chi connectivity index (χ3n) is 1.98. The second kappa shape index (κ2) is 7.61. The molecule has 1 rings (SSSR count). The largest absolute Gasteiger partial charge is 0.349 e. The monoisotopic (exact) mass is 278 g/mol. The van der Waals surface area contributed by atoms with E-state index in [4.69, 9.17) is 9.47 Å². The van der Waals surface area contributed by atoms with Crippen LogP contribution in [0.4, 0.5) is 0 Å². The molecule has 1 heterocycles. The molecule has 0 saturated heterocycles. The number of thiophene rings is 1. The molecule has 0 saturated carbocycles. The van der Waals surface area contributed by atoms with Crippen LogP contribution in [0.3, 0.4) is 0 Å². The molecule has 0 spiro atoms. The zero-order valence-corrected chi connectivity index (χ0v) is 12.6. The molecule has 0 N–H and O–H groups in total. The quantitative estimate of drug-likeness (QED) is 0.547. The van der Waals surface area contributed by atoms with Crippen LogP contribution in [-0.4, -0.2) is 25.7 Å². The van der Waals surface area contributed by atoms with Crippen molar-refractivity contribution in [2.45, 2.75) is 28.6 Å². The Morgan fingerprint density at radius 1 is 1.19 bits per heavy atom. The van der Waals surface area contributed by atoms with Gasteiger partial charge in [-0.25, -0.2) is 0 Å². The van der Waals surface area contributed by atoms with Gasteiger partial charge in [0.05, 0.1) is 8.42 Å². The molecule has 0 aliphatic rings. The van der Waals surface area contributed by atoms with Crippen molar-refractivity contribution in [1.82, 2.24) is 0 Å². The summed E-state index contributed by atoms with van der Waals surface area (Å²) in [6.45, 7) is 5.32. The summed E-state index contributed by atoms with van der Waals surface area (Å²) >= 11 is 5.33. The third kappa shape index (κ3) is 3.67. The van der Waals surface area contributed by atoms with E-state index < -0.39 is 0 Å². The lowest BCUT2D eigenvalue weighted by molar-refractivity contribution is -0.141. The summed E-state index contributed by atoms with van der Waals surface area (Å²) < 4.78 is 13.9. The van der Waals surface area contributed by atoms with E-state index in [-0.39, 0.29) is 6.29 Å². The molecule has 0 aliphatic carbocycles. The molecule has 0 aliphatic heterocycles. The zero-order valence-electron chi connectivity index (χ0n) is 10.1. The number of hydrogen-bond acceptors (Lipinski definition) is 5. The van der Waals surface area contributed by atoms with Crippen molar-refractivity contribution in [3.05, 3.63) is 11.6 Å². The van der Waals surface area contributed by atoms with Crippen molar-refractivity contribution in [3.63, 3.8) is 0 Å². The Kier molecular flexibility index (Phi) is 6.84. The SMILES string of the molecule is CCOC(OCC)c1cc(SC)sc1SC. The van der Waals surface area contributed by atoms with Gasteiger partial charge in [0.15, 0.2) is 6.29 Å². The van der Waals surface area contributed by atoms with Gasteiger partial charge in [0.25, 0.3) is 0 Å². The zero-order chi connectivity index (χ0) is 12.0. The predicted molar refractivity (Wildman–Crippen MR) is 73.9 cm³/mol. The molecule has 0 aromatic carbocycles. The van der Waals surface area contributed by atoms with E-state index in [1.165, 1.54) is 14.0 Å². The molecule has 1 aromatic heterocycles. The molecule has 0 amide bonds. The maximum absolute atomic E-state index is 5.63. The Hall–Kier alpha value is 0.320. The van der Waals surface area contributed by atoms with Crippen LogP contribution < -0.4 is 0 Å². The number of ether oxygens (including phenoxy) is 2. The Bertz CT molecular complexity index is 306. The van der Waals surface area contributed by atoms with Gasteiger partial charge >= 0.3 is 0 Å². The lowest BCUT2D eigenvalue weighted by Gasteiger charge is -2.16. The van der Waals surface area contributed by atoms with Gasteiger partial charge < -0.3 is 9.47 Å². The number of hydrogen-bond donors (Lipinski definition) is 0. The molecule has 1 aromatic rings. The molecular formula is C11H18O2S3. The van der Waals surface area contributed by atoms with Crippen molar-refractivity contribution >= 4 is 34.9 Å². The van der Waals surface area contributed by atoms with Crippen LogP contribution in [0.2, 0.25) is 0 Å². The topological polar surface area (TPSA) is 18.5 Å². The lowest BCUT2D eigenvalue weighted by Crippen LogP contribution is -2.08. The van der Waals surface area contributed by atoms with Crippen molar-refractivity contribution in [1.29, 1.82) is 0 Å². The Labute approximate surface area is 110 Å². The second-order valence-corrected chi connectivity index (χ2v) is 6.19. The standard InChI is InChI=1S/C11H18O2S3/c1-5-12-10(13-6-2)8-7-9(14-3)16-11(8)15-4/h7,10H,5-6H2,1-4H3. The summed E-state index contributed by atoms with van der Waals surface area (Å²) in [4.78, 5) is 0. The highest BCUT2D eigenvalue weighted by atomic mass is 32.2. The van der Waals surface area contributed by atoms with E-state index >= 15 is 0 Å². The highest BCUT2D eigenvalue weighted by Crippen LogP contribution is 2.39. The average molecular weight is 278 g/mol. The van der Waals surface area contributed by atoms with Crippen LogP contribution in [0.1, 0.15) is 25.7 Å².